The molecular weight excluding hydrogens is 362 g/mol. The van der Waals surface area contributed by atoms with Crippen molar-refractivity contribution in [2.75, 3.05) is 20.6 Å². The van der Waals surface area contributed by atoms with Crippen molar-refractivity contribution < 1.29 is 22.0 Å². The minimum atomic E-state index is -4.21. The van der Waals surface area contributed by atoms with E-state index >= 15 is 0 Å². The van der Waals surface area contributed by atoms with E-state index in [-0.39, 0.29) is 12.5 Å². The van der Waals surface area contributed by atoms with E-state index in [1.807, 2.05) is 0 Å². The molecule has 0 saturated heterocycles. The van der Waals surface area contributed by atoms with E-state index in [0.717, 1.165) is 12.1 Å². The van der Waals surface area contributed by atoms with Crippen LogP contribution in [0.4, 0.5) is 8.78 Å². The Morgan fingerprint density at radius 2 is 1.77 bits per heavy atom. The first-order valence-corrected chi connectivity index (χ1v) is 8.94. The summed E-state index contributed by atoms with van der Waals surface area (Å²) in [6.45, 7) is -0.281. The average Bonchev–Trinajstić information content (AvgIpc) is 2.60. The van der Waals surface area contributed by atoms with E-state index < -0.39 is 26.6 Å². The van der Waals surface area contributed by atoms with Crippen molar-refractivity contribution in [3.05, 3.63) is 65.2 Å². The lowest BCUT2D eigenvalue weighted by atomic mass is 10.1. The maximum Gasteiger partial charge on any atom is 0.253 e. The summed E-state index contributed by atoms with van der Waals surface area (Å²) in [6.07, 6.45) is 0. The normalized spacial score (nSPS) is 10.8. The molecule has 0 spiro atoms. The van der Waals surface area contributed by atoms with E-state index in [0.29, 0.717) is 17.2 Å². The maximum absolute atomic E-state index is 13.5. The van der Waals surface area contributed by atoms with Gasteiger partial charge in [0.15, 0.2) is 0 Å². The number of nitrogens with one attached hydrogen (secondary N) is 1. The van der Waals surface area contributed by atoms with Crippen molar-refractivity contribution in [2.24, 2.45) is 0 Å². The Kier molecular flexibility index (Phi) is 6.08. The molecule has 0 fully saturated rings. The van der Waals surface area contributed by atoms with Gasteiger partial charge in [-0.1, -0.05) is 11.8 Å². The van der Waals surface area contributed by atoms with Gasteiger partial charge in [0.05, 0.1) is 6.54 Å². The van der Waals surface area contributed by atoms with Gasteiger partial charge in [0, 0.05) is 25.2 Å². The standard InChI is InChI=1S/C18H16F2N2O3S/c1-22(2)18(23)14-7-5-13(6-8-14)4-3-11-21-26(24,25)17-12-15(19)9-10-16(17)20/h5-10,12,21H,11H2,1-2H3. The van der Waals surface area contributed by atoms with E-state index in [1.54, 1.807) is 38.4 Å². The van der Waals surface area contributed by atoms with Crippen LogP contribution < -0.4 is 4.72 Å². The highest BCUT2D eigenvalue weighted by Gasteiger charge is 2.18. The summed E-state index contributed by atoms with van der Waals surface area (Å²) in [6, 6.07) is 8.66. The number of carbonyl (C=O) groups is 1. The molecule has 0 aliphatic carbocycles. The molecule has 0 saturated carbocycles. The first-order valence-electron chi connectivity index (χ1n) is 7.46. The van der Waals surface area contributed by atoms with Crippen molar-refractivity contribution in [3.63, 3.8) is 0 Å². The van der Waals surface area contributed by atoms with Gasteiger partial charge in [-0.2, -0.15) is 4.72 Å². The monoisotopic (exact) mass is 378 g/mol. The van der Waals surface area contributed by atoms with Crippen molar-refractivity contribution >= 4 is 15.9 Å². The predicted molar refractivity (Wildman–Crippen MR) is 92.9 cm³/mol. The lowest BCUT2D eigenvalue weighted by Gasteiger charge is -2.09. The SMILES string of the molecule is CN(C)C(=O)c1ccc(C#CCNS(=O)(=O)c2cc(F)ccc2F)cc1. The summed E-state index contributed by atoms with van der Waals surface area (Å²) >= 11 is 0. The van der Waals surface area contributed by atoms with Crippen LogP contribution >= 0.6 is 0 Å². The molecule has 2 rings (SSSR count). The summed E-state index contributed by atoms with van der Waals surface area (Å²) < 4.78 is 52.7. The first-order chi connectivity index (χ1) is 12.2. The number of nitrogens with zero attached hydrogens (tertiary/aromatic N) is 1. The molecule has 8 heteroatoms. The van der Waals surface area contributed by atoms with Gasteiger partial charge in [0.1, 0.15) is 16.5 Å². The Hall–Kier alpha value is -2.76. The Morgan fingerprint density at radius 1 is 1.12 bits per heavy atom. The van der Waals surface area contributed by atoms with Crippen molar-refractivity contribution in [3.8, 4) is 11.8 Å². The Labute approximate surface area is 150 Å². The third-order valence-electron chi connectivity index (χ3n) is 3.30. The van der Waals surface area contributed by atoms with Crippen LogP contribution in [0.3, 0.4) is 0 Å². The van der Waals surface area contributed by atoms with E-state index in [2.05, 4.69) is 16.6 Å². The number of hydrogen-bond donors (Lipinski definition) is 1. The van der Waals surface area contributed by atoms with Gasteiger partial charge in [-0.15, -0.1) is 0 Å². The molecule has 1 N–H and O–H groups in total. The van der Waals surface area contributed by atoms with Crippen LogP contribution in [0.15, 0.2) is 47.4 Å². The summed E-state index contributed by atoms with van der Waals surface area (Å²) in [7, 11) is -0.928. The fraction of sp³-hybridized carbons (Fsp3) is 0.167. The minimum absolute atomic E-state index is 0.144. The molecular formula is C18H16F2N2O3S. The predicted octanol–water partition coefficient (Wildman–Crippen LogP) is 2.00. The zero-order valence-electron chi connectivity index (χ0n) is 14.1. The van der Waals surface area contributed by atoms with Crippen LogP contribution in [0.5, 0.6) is 0 Å². The highest BCUT2D eigenvalue weighted by atomic mass is 32.2. The smallest absolute Gasteiger partial charge is 0.253 e. The second kappa shape index (κ2) is 8.08. The Bertz CT molecular complexity index is 976. The Balaban J connectivity index is 2.04. The molecule has 0 atom stereocenters. The molecule has 2 aromatic carbocycles. The third-order valence-corrected chi connectivity index (χ3v) is 4.72. The highest BCUT2D eigenvalue weighted by molar-refractivity contribution is 7.89. The molecule has 0 aromatic heterocycles. The van der Waals surface area contributed by atoms with Gasteiger partial charge >= 0.3 is 0 Å². The summed E-state index contributed by atoms with van der Waals surface area (Å²) in [5, 5.41) is 0. The number of hydrogen-bond acceptors (Lipinski definition) is 3. The van der Waals surface area contributed by atoms with Gasteiger partial charge in [0.25, 0.3) is 5.91 Å². The first kappa shape index (κ1) is 19.6. The molecule has 5 nitrogen and oxygen atoms in total. The molecule has 2 aromatic rings. The van der Waals surface area contributed by atoms with Gasteiger partial charge in [-0.25, -0.2) is 17.2 Å². The Morgan fingerprint density at radius 3 is 2.38 bits per heavy atom. The number of sulfonamides is 1. The second-order valence-electron chi connectivity index (χ2n) is 5.48. The molecule has 1 amide bonds. The van der Waals surface area contributed by atoms with Crippen LogP contribution in [0, 0.1) is 23.5 Å². The molecule has 0 heterocycles. The van der Waals surface area contributed by atoms with Crippen LogP contribution in [-0.4, -0.2) is 39.9 Å². The third kappa shape index (κ3) is 4.88. The average molecular weight is 378 g/mol. The molecule has 0 aliphatic heterocycles. The largest absolute Gasteiger partial charge is 0.345 e. The topological polar surface area (TPSA) is 66.5 Å². The zero-order valence-corrected chi connectivity index (χ0v) is 14.9. The van der Waals surface area contributed by atoms with E-state index in [9.17, 15) is 22.0 Å². The van der Waals surface area contributed by atoms with Crippen LogP contribution in [0.2, 0.25) is 0 Å². The fourth-order valence-corrected chi connectivity index (χ4v) is 3.00. The second-order valence-corrected chi connectivity index (χ2v) is 7.21. The fourth-order valence-electron chi connectivity index (χ4n) is 1.99. The number of rotatable bonds is 4. The summed E-state index contributed by atoms with van der Waals surface area (Å²) in [4.78, 5) is 12.4. The number of amides is 1. The van der Waals surface area contributed by atoms with Crippen molar-refractivity contribution in [1.82, 2.24) is 9.62 Å². The van der Waals surface area contributed by atoms with E-state index in [4.69, 9.17) is 0 Å². The number of halogens is 2. The van der Waals surface area contributed by atoms with E-state index in [1.165, 1.54) is 4.90 Å². The molecule has 0 aliphatic rings. The molecule has 0 unspecified atom stereocenters. The van der Waals surface area contributed by atoms with Gasteiger partial charge in [-0.3, -0.25) is 4.79 Å². The van der Waals surface area contributed by atoms with Crippen LogP contribution in [0.25, 0.3) is 0 Å². The van der Waals surface area contributed by atoms with Crippen molar-refractivity contribution in [1.29, 1.82) is 0 Å². The van der Waals surface area contributed by atoms with Gasteiger partial charge in [0.2, 0.25) is 10.0 Å². The maximum atomic E-state index is 13.5. The summed E-state index contributed by atoms with van der Waals surface area (Å²) in [5.74, 6) is 3.25. The molecule has 0 bridgehead atoms. The lowest BCUT2D eigenvalue weighted by Crippen LogP contribution is -2.25. The van der Waals surface area contributed by atoms with Crippen molar-refractivity contribution in [2.45, 2.75) is 4.90 Å². The number of carbonyl (C=O) groups excluding carboxylic acids is 1. The number of benzene rings is 2. The van der Waals surface area contributed by atoms with Crippen LogP contribution in [0.1, 0.15) is 15.9 Å². The quantitative estimate of drug-likeness (QED) is 0.828. The highest BCUT2D eigenvalue weighted by Crippen LogP contribution is 2.15. The van der Waals surface area contributed by atoms with Crippen LogP contribution in [-0.2, 0) is 10.0 Å². The molecule has 136 valence electrons. The van der Waals surface area contributed by atoms with Gasteiger partial charge in [-0.05, 0) is 42.5 Å². The van der Waals surface area contributed by atoms with Gasteiger partial charge < -0.3 is 4.90 Å². The molecule has 26 heavy (non-hydrogen) atoms. The summed E-state index contributed by atoms with van der Waals surface area (Å²) in [5.41, 5.74) is 1.08. The molecule has 0 radical (unpaired) electrons. The minimum Gasteiger partial charge on any atom is -0.345 e. The lowest BCUT2D eigenvalue weighted by molar-refractivity contribution is 0.0827. The zero-order chi connectivity index (χ0) is 19.3.